The largest absolute Gasteiger partial charge is 0.421 e. The molecule has 11 heteroatoms. The van der Waals surface area contributed by atoms with Crippen LogP contribution in [-0.4, -0.2) is 32.2 Å². The number of aromatic nitrogens is 4. The second-order valence-electron chi connectivity index (χ2n) is 14.7. The van der Waals surface area contributed by atoms with Crippen molar-refractivity contribution in [3.63, 3.8) is 0 Å². The third-order valence-corrected chi connectivity index (χ3v) is 11.0. The van der Waals surface area contributed by atoms with Crippen molar-refractivity contribution in [2.75, 3.05) is 10.6 Å². The van der Waals surface area contributed by atoms with Crippen molar-refractivity contribution in [3.05, 3.63) is 173 Å². The van der Waals surface area contributed by atoms with E-state index in [0.29, 0.717) is 41.1 Å². The molecule has 8 aromatic rings. The SMILES string of the molecule is CCc1nnc(-c2cc(NC(=O)NC3c4ccccc4-c4ccccc43)cc(-c3cccc4c3-c3ccccc3C4NC(=O)Nc3nc(C)[nH]c3-c3ccccc3)c2)o1. The summed E-state index contributed by atoms with van der Waals surface area (Å²) in [6, 6.07) is 44.5. The van der Waals surface area contributed by atoms with Crippen LogP contribution in [0.15, 0.2) is 144 Å². The number of amides is 4. The lowest BCUT2D eigenvalue weighted by Crippen LogP contribution is -2.32. The molecule has 2 heterocycles. The van der Waals surface area contributed by atoms with Gasteiger partial charge in [-0.15, -0.1) is 10.2 Å². The first-order valence-corrected chi connectivity index (χ1v) is 19.6. The van der Waals surface area contributed by atoms with Crippen molar-refractivity contribution in [1.29, 1.82) is 0 Å². The van der Waals surface area contributed by atoms with Gasteiger partial charge in [-0.3, -0.25) is 5.32 Å². The number of anilines is 2. The zero-order valence-electron chi connectivity index (χ0n) is 32.2. The highest BCUT2D eigenvalue weighted by Crippen LogP contribution is 2.49. The predicted octanol–water partition coefficient (Wildman–Crippen LogP) is 10.4. The molecule has 288 valence electrons. The lowest BCUT2D eigenvalue weighted by Gasteiger charge is -2.18. The number of benzene rings is 6. The number of rotatable bonds is 8. The number of hydrogen-bond acceptors (Lipinski definition) is 6. The fourth-order valence-corrected chi connectivity index (χ4v) is 8.42. The summed E-state index contributed by atoms with van der Waals surface area (Å²) >= 11 is 0. The van der Waals surface area contributed by atoms with Gasteiger partial charge < -0.3 is 25.4 Å². The number of nitrogens with one attached hydrogen (secondary N) is 5. The highest BCUT2D eigenvalue weighted by molar-refractivity contribution is 5.98. The smallest absolute Gasteiger partial charge is 0.321 e. The summed E-state index contributed by atoms with van der Waals surface area (Å²) in [4.78, 5) is 35.6. The van der Waals surface area contributed by atoms with Crippen molar-refractivity contribution in [3.8, 4) is 56.1 Å². The molecule has 1 atom stereocenters. The van der Waals surface area contributed by atoms with E-state index in [4.69, 9.17) is 4.42 Å². The number of carbonyl (C=O) groups is 2. The standard InChI is InChI=1S/C48H38N8O3/c1-3-40-55-56-46(59-40)30-24-29(25-31(26-30)51-47(57)52-43-36-19-10-7-16-33(36)34-17-8-11-20-37(34)43)32-22-13-23-39-41(32)35-18-9-12-21-38(35)44(39)53-48(58)54-45-42(49-27(2)50-45)28-14-5-4-6-15-28/h4-26,43-44H,3H2,1-2H3,(H,49,50)(H2,51,52,57)(H2,53,54,58). The number of H-pyrrole nitrogens is 1. The summed E-state index contributed by atoms with van der Waals surface area (Å²) in [5.74, 6) is 1.99. The zero-order chi connectivity index (χ0) is 40.0. The molecule has 0 bridgehead atoms. The normalized spacial score (nSPS) is 13.6. The Balaban J connectivity index is 0.994. The number of imidazole rings is 1. The van der Waals surface area contributed by atoms with E-state index in [0.717, 1.165) is 66.9 Å². The highest BCUT2D eigenvalue weighted by Gasteiger charge is 2.33. The summed E-state index contributed by atoms with van der Waals surface area (Å²) in [6.07, 6.45) is 0.586. The Hall–Kier alpha value is -7.79. The van der Waals surface area contributed by atoms with Gasteiger partial charge in [0.1, 0.15) is 5.82 Å². The molecular weight excluding hydrogens is 737 g/mol. The van der Waals surface area contributed by atoms with Crippen LogP contribution in [0.1, 0.15) is 53.0 Å². The van der Waals surface area contributed by atoms with Crippen LogP contribution in [0.4, 0.5) is 21.1 Å². The minimum Gasteiger partial charge on any atom is -0.421 e. The van der Waals surface area contributed by atoms with E-state index in [2.05, 4.69) is 77.8 Å². The van der Waals surface area contributed by atoms with E-state index < -0.39 is 6.04 Å². The molecule has 4 amide bonds. The van der Waals surface area contributed by atoms with Gasteiger partial charge in [0.05, 0.1) is 17.8 Å². The number of fused-ring (bicyclic) bond motifs is 6. The molecule has 0 fully saturated rings. The molecule has 0 spiro atoms. The van der Waals surface area contributed by atoms with Crippen molar-refractivity contribution in [2.24, 2.45) is 0 Å². The molecule has 0 saturated heterocycles. The van der Waals surface area contributed by atoms with Crippen LogP contribution in [0.3, 0.4) is 0 Å². The summed E-state index contributed by atoms with van der Waals surface area (Å²) in [5, 5.41) is 21.2. The molecule has 0 aliphatic heterocycles. The Morgan fingerprint density at radius 3 is 1.88 bits per heavy atom. The third kappa shape index (κ3) is 6.48. The second kappa shape index (κ2) is 14.6. The molecule has 11 nitrogen and oxygen atoms in total. The average Bonchev–Trinajstić information content (AvgIpc) is 4.04. The van der Waals surface area contributed by atoms with Gasteiger partial charge in [0.25, 0.3) is 0 Å². The summed E-state index contributed by atoms with van der Waals surface area (Å²) in [6.45, 7) is 3.82. The van der Waals surface area contributed by atoms with Gasteiger partial charge in [0.15, 0.2) is 5.82 Å². The predicted molar refractivity (Wildman–Crippen MR) is 229 cm³/mol. The van der Waals surface area contributed by atoms with Crippen LogP contribution in [0, 0.1) is 6.92 Å². The van der Waals surface area contributed by atoms with Gasteiger partial charge in [-0.05, 0) is 80.8 Å². The van der Waals surface area contributed by atoms with Gasteiger partial charge in [0, 0.05) is 23.2 Å². The maximum Gasteiger partial charge on any atom is 0.321 e. The van der Waals surface area contributed by atoms with Crippen molar-refractivity contribution in [1.82, 2.24) is 30.8 Å². The Labute approximate surface area is 340 Å². The topological polar surface area (TPSA) is 150 Å². The van der Waals surface area contributed by atoms with Crippen LogP contribution >= 0.6 is 0 Å². The minimum absolute atomic E-state index is 0.314. The molecule has 59 heavy (non-hydrogen) atoms. The highest BCUT2D eigenvalue weighted by atomic mass is 16.4. The summed E-state index contributed by atoms with van der Waals surface area (Å²) in [5.41, 5.74) is 12.7. The Kier molecular flexibility index (Phi) is 8.82. The molecule has 1 unspecified atom stereocenters. The molecule has 10 rings (SSSR count). The van der Waals surface area contributed by atoms with Crippen LogP contribution in [0.5, 0.6) is 0 Å². The first-order valence-electron chi connectivity index (χ1n) is 19.6. The first kappa shape index (κ1) is 35.6. The van der Waals surface area contributed by atoms with E-state index in [1.807, 2.05) is 117 Å². The lowest BCUT2D eigenvalue weighted by atomic mass is 9.92. The maximum absolute atomic E-state index is 13.9. The maximum atomic E-state index is 13.9. The van der Waals surface area contributed by atoms with Gasteiger partial charge in [-0.2, -0.15) is 0 Å². The van der Waals surface area contributed by atoms with Gasteiger partial charge in [-0.25, -0.2) is 14.6 Å². The molecule has 0 radical (unpaired) electrons. The van der Waals surface area contributed by atoms with Crippen LogP contribution in [-0.2, 0) is 6.42 Å². The number of hydrogen-bond donors (Lipinski definition) is 5. The van der Waals surface area contributed by atoms with E-state index in [1.54, 1.807) is 0 Å². The quantitative estimate of drug-likeness (QED) is 0.104. The fourth-order valence-electron chi connectivity index (χ4n) is 8.42. The lowest BCUT2D eigenvalue weighted by molar-refractivity contribution is 0.249. The van der Waals surface area contributed by atoms with Crippen molar-refractivity contribution >= 4 is 23.6 Å². The third-order valence-electron chi connectivity index (χ3n) is 11.0. The summed E-state index contributed by atoms with van der Waals surface area (Å²) in [7, 11) is 0. The monoisotopic (exact) mass is 774 g/mol. The number of urea groups is 2. The molecule has 2 aromatic heterocycles. The van der Waals surface area contributed by atoms with E-state index in [-0.39, 0.29) is 18.1 Å². The van der Waals surface area contributed by atoms with Crippen LogP contribution in [0.2, 0.25) is 0 Å². The molecule has 6 aromatic carbocycles. The van der Waals surface area contributed by atoms with Crippen LogP contribution in [0.25, 0.3) is 56.1 Å². The van der Waals surface area contributed by atoms with Crippen LogP contribution < -0.4 is 21.3 Å². The van der Waals surface area contributed by atoms with E-state index >= 15 is 0 Å². The van der Waals surface area contributed by atoms with E-state index in [1.165, 1.54) is 0 Å². The molecule has 0 saturated carbocycles. The van der Waals surface area contributed by atoms with Gasteiger partial charge in [-0.1, -0.05) is 128 Å². The molecule has 2 aliphatic carbocycles. The first-order chi connectivity index (χ1) is 28.9. The number of aryl methyl sites for hydroxylation is 2. The average molecular weight is 775 g/mol. The zero-order valence-corrected chi connectivity index (χ0v) is 32.2. The second-order valence-corrected chi connectivity index (χ2v) is 14.7. The molecule has 5 N–H and O–H groups in total. The number of aromatic amines is 1. The Morgan fingerprint density at radius 2 is 1.19 bits per heavy atom. The summed E-state index contributed by atoms with van der Waals surface area (Å²) < 4.78 is 6.04. The Bertz CT molecular complexity index is 2870. The van der Waals surface area contributed by atoms with Crippen molar-refractivity contribution < 1.29 is 14.0 Å². The fraction of sp³-hybridized carbons (Fsp3) is 0.104. The number of nitrogens with zero attached hydrogens (tertiary/aromatic N) is 3. The minimum atomic E-state index is -0.451. The number of carbonyl (C=O) groups excluding carboxylic acids is 2. The van der Waals surface area contributed by atoms with Gasteiger partial charge >= 0.3 is 12.1 Å². The molecule has 2 aliphatic rings. The van der Waals surface area contributed by atoms with E-state index in [9.17, 15) is 9.59 Å². The molecular formula is C48H38N8O3. The Morgan fingerprint density at radius 1 is 0.610 bits per heavy atom. The van der Waals surface area contributed by atoms with Gasteiger partial charge in [0.2, 0.25) is 11.8 Å². The van der Waals surface area contributed by atoms with Crippen molar-refractivity contribution in [2.45, 2.75) is 32.4 Å².